The van der Waals surface area contributed by atoms with Crippen LogP contribution in [-0.2, 0) is 4.74 Å². The second-order valence-electron chi connectivity index (χ2n) is 7.89. The van der Waals surface area contributed by atoms with Crippen LogP contribution in [0.15, 0.2) is 28.7 Å². The molecule has 1 aromatic carbocycles. The minimum absolute atomic E-state index is 0.0336. The summed E-state index contributed by atoms with van der Waals surface area (Å²) in [6, 6.07) is 8.60. The summed E-state index contributed by atoms with van der Waals surface area (Å²) in [5, 5.41) is 3.13. The van der Waals surface area contributed by atoms with Gasteiger partial charge in [-0.3, -0.25) is 0 Å². The number of rotatable bonds is 5. The molecular weight excluding hydrogens is 366 g/mol. The average molecular weight is 396 g/mol. The lowest BCUT2D eigenvalue weighted by Crippen LogP contribution is -2.41. The fourth-order valence-corrected chi connectivity index (χ4v) is 3.75. The van der Waals surface area contributed by atoms with E-state index in [0.717, 1.165) is 36.6 Å². The molecule has 0 aliphatic heterocycles. The number of benzene rings is 1. The molecule has 1 aromatic rings. The molecule has 1 amide bonds. The fourth-order valence-electron chi connectivity index (χ4n) is 3.49. The second kappa shape index (κ2) is 8.37. The Morgan fingerprint density at radius 1 is 1.29 bits per heavy atom. The molecule has 1 saturated carbocycles. The van der Waals surface area contributed by atoms with Crippen LogP contribution in [0.3, 0.4) is 0 Å². The Kier molecular flexibility index (Phi) is 6.73. The first-order chi connectivity index (χ1) is 11.3. The molecule has 0 saturated heterocycles. The van der Waals surface area contributed by atoms with Crippen molar-refractivity contribution < 1.29 is 9.53 Å². The van der Waals surface area contributed by atoms with Crippen molar-refractivity contribution in [1.29, 1.82) is 0 Å². The molecule has 0 radical (unpaired) electrons. The minimum atomic E-state index is -0.266. The molecule has 134 valence electrons. The van der Waals surface area contributed by atoms with Crippen LogP contribution in [0.5, 0.6) is 0 Å². The van der Waals surface area contributed by atoms with E-state index in [-0.39, 0.29) is 23.7 Å². The van der Waals surface area contributed by atoms with E-state index in [4.69, 9.17) is 4.74 Å². The summed E-state index contributed by atoms with van der Waals surface area (Å²) < 4.78 is 6.85. The summed E-state index contributed by atoms with van der Waals surface area (Å²) in [5.41, 5.74) is 1.26. The van der Waals surface area contributed by atoms with Crippen molar-refractivity contribution in [3.8, 4) is 0 Å². The fraction of sp³-hybridized carbons (Fsp3) is 0.650. The Morgan fingerprint density at radius 3 is 2.54 bits per heavy atom. The van der Waals surface area contributed by atoms with Crippen molar-refractivity contribution >= 4 is 22.0 Å². The monoisotopic (exact) mass is 395 g/mol. The van der Waals surface area contributed by atoms with Gasteiger partial charge < -0.3 is 10.1 Å². The summed E-state index contributed by atoms with van der Waals surface area (Å²) in [7, 11) is 0. The highest BCUT2D eigenvalue weighted by Gasteiger charge is 2.32. The van der Waals surface area contributed by atoms with E-state index in [9.17, 15) is 4.79 Å². The number of hydrogen-bond donors (Lipinski definition) is 1. The number of halogens is 1. The highest BCUT2D eigenvalue weighted by molar-refractivity contribution is 9.10. The summed E-state index contributed by atoms with van der Waals surface area (Å²) in [6.45, 7) is 8.50. The first kappa shape index (κ1) is 19.3. The van der Waals surface area contributed by atoms with Gasteiger partial charge in [0, 0.05) is 16.4 Å². The van der Waals surface area contributed by atoms with Crippen LogP contribution >= 0.6 is 15.9 Å². The molecule has 1 aliphatic rings. The van der Waals surface area contributed by atoms with Crippen molar-refractivity contribution in [2.24, 2.45) is 5.41 Å². The highest BCUT2D eigenvalue weighted by atomic mass is 79.9. The SMILES string of the molecule is CCCC(OC(=O)N[C@@H]1CCC[C@H]1c1ccc(Br)cc1)C(C)(C)C. The van der Waals surface area contributed by atoms with Gasteiger partial charge in [0.1, 0.15) is 6.10 Å². The topological polar surface area (TPSA) is 38.3 Å². The van der Waals surface area contributed by atoms with E-state index < -0.39 is 0 Å². The van der Waals surface area contributed by atoms with Crippen LogP contribution < -0.4 is 5.32 Å². The van der Waals surface area contributed by atoms with Gasteiger partial charge in [-0.2, -0.15) is 0 Å². The molecule has 1 N–H and O–H groups in total. The normalized spacial score (nSPS) is 22.2. The van der Waals surface area contributed by atoms with Crippen LogP contribution in [0.4, 0.5) is 4.79 Å². The van der Waals surface area contributed by atoms with Gasteiger partial charge in [-0.15, -0.1) is 0 Å². The van der Waals surface area contributed by atoms with Gasteiger partial charge >= 0.3 is 6.09 Å². The lowest BCUT2D eigenvalue weighted by molar-refractivity contribution is 0.0238. The van der Waals surface area contributed by atoms with E-state index >= 15 is 0 Å². The first-order valence-electron chi connectivity index (χ1n) is 9.04. The Bertz CT molecular complexity index is 536. The van der Waals surface area contributed by atoms with Crippen molar-refractivity contribution in [3.05, 3.63) is 34.3 Å². The minimum Gasteiger partial charge on any atom is -0.446 e. The standard InChI is InChI=1S/C20H30BrNO2/c1-5-7-18(20(2,3)4)24-19(23)22-17-9-6-8-16(17)14-10-12-15(21)13-11-14/h10-13,16-18H,5-9H2,1-4H3,(H,22,23)/t16-,17+,18?/m0/s1. The van der Waals surface area contributed by atoms with Gasteiger partial charge in [0.15, 0.2) is 0 Å². The summed E-state index contributed by atoms with van der Waals surface area (Å²) in [5.74, 6) is 0.380. The zero-order valence-electron chi connectivity index (χ0n) is 15.3. The van der Waals surface area contributed by atoms with Gasteiger partial charge in [-0.25, -0.2) is 4.79 Å². The summed E-state index contributed by atoms with van der Waals surface area (Å²) in [4.78, 5) is 12.4. The molecule has 0 bridgehead atoms. The van der Waals surface area contributed by atoms with Crippen LogP contribution in [0.1, 0.15) is 71.3 Å². The van der Waals surface area contributed by atoms with Crippen LogP contribution in [0, 0.1) is 5.41 Å². The van der Waals surface area contributed by atoms with E-state index in [1.165, 1.54) is 5.56 Å². The third kappa shape index (κ3) is 5.23. The maximum Gasteiger partial charge on any atom is 0.407 e. The Morgan fingerprint density at radius 2 is 1.96 bits per heavy atom. The maximum absolute atomic E-state index is 12.4. The third-order valence-electron chi connectivity index (χ3n) is 4.88. The molecular formula is C20H30BrNO2. The molecule has 1 aliphatic carbocycles. The Balaban J connectivity index is 1.98. The van der Waals surface area contributed by atoms with Crippen LogP contribution in [-0.4, -0.2) is 18.2 Å². The van der Waals surface area contributed by atoms with E-state index in [1.54, 1.807) is 0 Å². The van der Waals surface area contributed by atoms with Crippen molar-refractivity contribution in [1.82, 2.24) is 5.32 Å². The predicted octanol–water partition coefficient (Wildman–Crippen LogP) is 6.03. The number of alkyl carbamates (subject to hydrolysis) is 1. The average Bonchev–Trinajstić information content (AvgIpc) is 2.94. The molecule has 2 rings (SSSR count). The molecule has 1 unspecified atom stereocenters. The molecule has 3 atom stereocenters. The molecule has 0 aromatic heterocycles. The second-order valence-corrected chi connectivity index (χ2v) is 8.80. The van der Waals surface area contributed by atoms with Gasteiger partial charge in [0.2, 0.25) is 0 Å². The van der Waals surface area contributed by atoms with Crippen molar-refractivity contribution in [3.63, 3.8) is 0 Å². The largest absolute Gasteiger partial charge is 0.446 e. The van der Waals surface area contributed by atoms with Gasteiger partial charge in [-0.05, 0) is 42.4 Å². The number of carbonyl (C=O) groups excluding carboxylic acids is 1. The van der Waals surface area contributed by atoms with Gasteiger partial charge in [0.25, 0.3) is 0 Å². The van der Waals surface area contributed by atoms with E-state index in [1.807, 2.05) is 0 Å². The van der Waals surface area contributed by atoms with E-state index in [0.29, 0.717) is 5.92 Å². The molecule has 4 heteroatoms. The van der Waals surface area contributed by atoms with Crippen molar-refractivity contribution in [2.45, 2.75) is 77.9 Å². The number of hydrogen-bond acceptors (Lipinski definition) is 2. The smallest absolute Gasteiger partial charge is 0.407 e. The summed E-state index contributed by atoms with van der Waals surface area (Å²) in [6.07, 6.45) is 4.88. The predicted molar refractivity (Wildman–Crippen MR) is 102 cm³/mol. The first-order valence-corrected chi connectivity index (χ1v) is 9.83. The number of amides is 1. The highest BCUT2D eigenvalue weighted by Crippen LogP contribution is 2.35. The van der Waals surface area contributed by atoms with Gasteiger partial charge in [-0.1, -0.05) is 68.6 Å². The summed E-state index contributed by atoms with van der Waals surface area (Å²) >= 11 is 3.48. The number of nitrogens with one attached hydrogen (secondary N) is 1. The van der Waals surface area contributed by atoms with Crippen LogP contribution in [0.25, 0.3) is 0 Å². The lowest BCUT2D eigenvalue weighted by atomic mass is 9.86. The van der Waals surface area contributed by atoms with E-state index in [2.05, 4.69) is 73.2 Å². The zero-order valence-corrected chi connectivity index (χ0v) is 16.9. The molecule has 0 spiro atoms. The molecule has 0 heterocycles. The molecule has 24 heavy (non-hydrogen) atoms. The van der Waals surface area contributed by atoms with Crippen LogP contribution in [0.2, 0.25) is 0 Å². The molecule has 3 nitrogen and oxygen atoms in total. The zero-order chi connectivity index (χ0) is 17.7. The number of ether oxygens (including phenoxy) is 1. The number of carbonyl (C=O) groups is 1. The maximum atomic E-state index is 12.4. The molecule has 1 fully saturated rings. The quantitative estimate of drug-likeness (QED) is 0.660. The lowest BCUT2D eigenvalue weighted by Gasteiger charge is -2.31. The Hall–Kier alpha value is -1.03. The third-order valence-corrected chi connectivity index (χ3v) is 5.41. The Labute approximate surface area is 154 Å². The van der Waals surface area contributed by atoms with Gasteiger partial charge in [0.05, 0.1) is 0 Å². The van der Waals surface area contributed by atoms with Crippen molar-refractivity contribution in [2.75, 3.05) is 0 Å².